The van der Waals surface area contributed by atoms with Crippen LogP contribution < -0.4 is 5.73 Å². The van der Waals surface area contributed by atoms with Crippen molar-refractivity contribution in [2.24, 2.45) is 0 Å². The summed E-state index contributed by atoms with van der Waals surface area (Å²) >= 11 is 0. The summed E-state index contributed by atoms with van der Waals surface area (Å²) < 4.78 is 49.6. The van der Waals surface area contributed by atoms with Crippen molar-refractivity contribution in [3.63, 3.8) is 0 Å². The molecule has 2 aromatic rings. The van der Waals surface area contributed by atoms with E-state index in [1.54, 1.807) is 0 Å². The Labute approximate surface area is 104 Å². The second-order valence-corrected chi connectivity index (χ2v) is 3.51. The Morgan fingerprint density at radius 3 is 2.16 bits per heavy atom. The molecule has 2 aromatic heterocycles. The normalized spacial score (nSPS) is 11.6. The van der Waals surface area contributed by atoms with Crippen LogP contribution in [0.3, 0.4) is 0 Å². The quantitative estimate of drug-likeness (QED) is 0.847. The van der Waals surface area contributed by atoms with Crippen molar-refractivity contribution in [2.75, 3.05) is 5.73 Å². The number of nitrogens with zero attached hydrogens (tertiary/aromatic N) is 4. The van der Waals surface area contributed by atoms with Gasteiger partial charge in [0.05, 0.1) is 5.56 Å². The third-order valence-electron chi connectivity index (χ3n) is 2.21. The van der Waals surface area contributed by atoms with Gasteiger partial charge in [-0.05, 0) is 0 Å². The Bertz CT molecular complexity index is 581. The van der Waals surface area contributed by atoms with Crippen LogP contribution in [0, 0.1) is 0 Å². The van der Waals surface area contributed by atoms with Crippen LogP contribution in [0.1, 0.15) is 11.4 Å². The number of nitrogens with two attached hydrogens (primary N) is 1. The molecule has 0 aromatic carbocycles. The predicted octanol–water partition coefficient (Wildman–Crippen LogP) is 2.00. The Morgan fingerprint density at radius 1 is 1.05 bits per heavy atom. The Kier molecular flexibility index (Phi) is 3.28. The summed E-state index contributed by atoms with van der Waals surface area (Å²) in [5.41, 5.74) is 4.36. The Hall–Kier alpha value is -2.32. The first-order valence-corrected chi connectivity index (χ1v) is 4.99. The molecule has 5 nitrogen and oxygen atoms in total. The minimum Gasteiger partial charge on any atom is -0.383 e. The second-order valence-electron chi connectivity index (χ2n) is 3.51. The molecule has 2 N–H and O–H groups in total. The fourth-order valence-corrected chi connectivity index (χ4v) is 1.29. The van der Waals surface area contributed by atoms with Gasteiger partial charge in [-0.1, -0.05) is 0 Å². The fourth-order valence-electron chi connectivity index (χ4n) is 1.29. The Morgan fingerprint density at radius 2 is 1.68 bits per heavy atom. The molecule has 0 aliphatic rings. The second kappa shape index (κ2) is 4.75. The summed E-state index contributed by atoms with van der Waals surface area (Å²) in [5.74, 6) is -0.786. The zero-order chi connectivity index (χ0) is 14.0. The molecule has 2 rings (SSSR count). The van der Waals surface area contributed by atoms with Crippen molar-refractivity contribution >= 4 is 5.82 Å². The van der Waals surface area contributed by atoms with Crippen LogP contribution in [0.2, 0.25) is 0 Å². The van der Waals surface area contributed by atoms with Crippen LogP contribution in [-0.2, 0) is 12.9 Å². The smallest absolute Gasteiger partial charge is 0.383 e. The number of hydrogen-bond donors (Lipinski definition) is 1. The molecule has 0 radical (unpaired) electrons. The van der Waals surface area contributed by atoms with Crippen LogP contribution in [0.5, 0.6) is 0 Å². The predicted molar refractivity (Wildman–Crippen MR) is 57.3 cm³/mol. The minimum absolute atomic E-state index is 0.0383. The first-order chi connectivity index (χ1) is 8.91. The first kappa shape index (κ1) is 13.1. The largest absolute Gasteiger partial charge is 0.421 e. The van der Waals surface area contributed by atoms with E-state index in [1.165, 1.54) is 12.4 Å². The van der Waals surface area contributed by atoms with Crippen LogP contribution in [0.15, 0.2) is 18.6 Å². The molecule has 0 spiro atoms. The molecule has 100 valence electrons. The summed E-state index contributed by atoms with van der Waals surface area (Å²) in [6, 6.07) is 0. The summed E-state index contributed by atoms with van der Waals surface area (Å²) in [6.45, 7) is -0.837. The lowest BCUT2D eigenvalue weighted by Crippen LogP contribution is -2.11. The van der Waals surface area contributed by atoms with Gasteiger partial charge in [-0.2, -0.15) is 13.2 Å². The van der Waals surface area contributed by atoms with Crippen molar-refractivity contribution in [3.8, 4) is 11.4 Å². The lowest BCUT2D eigenvalue weighted by molar-refractivity contribution is -0.137. The average Bonchev–Trinajstić information content (AvgIpc) is 2.37. The summed E-state index contributed by atoms with van der Waals surface area (Å²) in [7, 11) is 0. The highest BCUT2D eigenvalue weighted by Gasteiger charge is 2.34. The molecule has 0 amide bonds. The lowest BCUT2D eigenvalue weighted by Gasteiger charge is -2.09. The average molecular weight is 273 g/mol. The molecule has 0 fully saturated rings. The maximum Gasteiger partial charge on any atom is 0.421 e. The van der Waals surface area contributed by atoms with Crippen LogP contribution >= 0.6 is 0 Å². The molecule has 0 saturated heterocycles. The van der Waals surface area contributed by atoms with Gasteiger partial charge in [0.1, 0.15) is 18.1 Å². The number of anilines is 1. The Balaban J connectivity index is 2.38. The zero-order valence-corrected chi connectivity index (χ0v) is 9.32. The number of alkyl halides is 4. The van der Waals surface area contributed by atoms with Gasteiger partial charge in [0, 0.05) is 18.6 Å². The monoisotopic (exact) mass is 273 g/mol. The van der Waals surface area contributed by atoms with Gasteiger partial charge in [0.2, 0.25) is 0 Å². The highest BCUT2D eigenvalue weighted by Crippen LogP contribution is 2.32. The number of nitrogen functional groups attached to an aromatic ring is 1. The molecule has 0 aliphatic heterocycles. The van der Waals surface area contributed by atoms with Gasteiger partial charge in [0.15, 0.2) is 11.6 Å². The van der Waals surface area contributed by atoms with Gasteiger partial charge in [-0.15, -0.1) is 0 Å². The molecule has 0 unspecified atom stereocenters. The molecule has 0 saturated carbocycles. The summed E-state index contributed by atoms with van der Waals surface area (Å²) in [6.07, 6.45) is -1.61. The van der Waals surface area contributed by atoms with Crippen LogP contribution in [-0.4, -0.2) is 19.9 Å². The van der Waals surface area contributed by atoms with E-state index in [0.717, 1.165) is 0 Å². The van der Waals surface area contributed by atoms with Gasteiger partial charge in [-0.3, -0.25) is 0 Å². The topological polar surface area (TPSA) is 77.6 Å². The maximum atomic E-state index is 12.5. The van der Waals surface area contributed by atoms with E-state index in [1.807, 2.05) is 0 Å². The summed E-state index contributed by atoms with van der Waals surface area (Å²) in [5, 5.41) is 0. The van der Waals surface area contributed by atoms with Crippen molar-refractivity contribution in [3.05, 3.63) is 30.0 Å². The van der Waals surface area contributed by atoms with Gasteiger partial charge >= 0.3 is 6.18 Å². The molecule has 19 heavy (non-hydrogen) atoms. The third-order valence-corrected chi connectivity index (χ3v) is 2.21. The van der Waals surface area contributed by atoms with E-state index in [0.29, 0.717) is 6.20 Å². The SMILES string of the molecule is Nc1nc(-c2cnc(CF)nc2)ncc1C(F)(F)F. The molecule has 9 heteroatoms. The first-order valence-electron chi connectivity index (χ1n) is 4.99. The zero-order valence-electron chi connectivity index (χ0n) is 9.32. The van der Waals surface area contributed by atoms with Crippen molar-refractivity contribution in [1.29, 1.82) is 0 Å². The lowest BCUT2D eigenvalue weighted by atomic mass is 10.2. The number of hydrogen-bond acceptors (Lipinski definition) is 5. The van der Waals surface area contributed by atoms with Crippen LogP contribution in [0.4, 0.5) is 23.4 Å². The minimum atomic E-state index is -4.61. The van der Waals surface area contributed by atoms with E-state index < -0.39 is 24.2 Å². The fraction of sp³-hybridized carbons (Fsp3) is 0.200. The standard InChI is InChI=1S/C10H7F4N5/c11-1-7-16-2-5(3-17-7)9-18-4-6(8(15)19-9)10(12,13)14/h2-4H,1H2,(H2,15,18,19). The van der Waals surface area contributed by atoms with Crippen molar-refractivity contribution < 1.29 is 17.6 Å². The molecule has 0 aliphatic carbocycles. The van der Waals surface area contributed by atoms with Crippen molar-refractivity contribution in [1.82, 2.24) is 19.9 Å². The molecular weight excluding hydrogens is 266 g/mol. The number of rotatable bonds is 2. The van der Waals surface area contributed by atoms with Gasteiger partial charge < -0.3 is 5.73 Å². The van der Waals surface area contributed by atoms with E-state index in [2.05, 4.69) is 19.9 Å². The van der Waals surface area contributed by atoms with E-state index in [4.69, 9.17) is 5.73 Å². The highest BCUT2D eigenvalue weighted by atomic mass is 19.4. The molecular formula is C10H7F4N5. The van der Waals surface area contributed by atoms with E-state index >= 15 is 0 Å². The summed E-state index contributed by atoms with van der Waals surface area (Å²) in [4.78, 5) is 14.4. The molecule has 2 heterocycles. The maximum absolute atomic E-state index is 12.5. The number of halogens is 4. The molecule has 0 bridgehead atoms. The van der Waals surface area contributed by atoms with Gasteiger partial charge in [0.25, 0.3) is 0 Å². The highest BCUT2D eigenvalue weighted by molar-refractivity contribution is 5.55. The molecule has 0 atom stereocenters. The van der Waals surface area contributed by atoms with E-state index in [-0.39, 0.29) is 17.2 Å². The van der Waals surface area contributed by atoms with Gasteiger partial charge in [-0.25, -0.2) is 24.3 Å². The number of aromatic nitrogens is 4. The van der Waals surface area contributed by atoms with E-state index in [9.17, 15) is 17.6 Å². The van der Waals surface area contributed by atoms with Crippen molar-refractivity contribution in [2.45, 2.75) is 12.9 Å². The van der Waals surface area contributed by atoms with Crippen LogP contribution in [0.25, 0.3) is 11.4 Å². The third kappa shape index (κ3) is 2.75.